The van der Waals surface area contributed by atoms with Crippen LogP contribution in [0, 0.1) is 12.7 Å². The summed E-state index contributed by atoms with van der Waals surface area (Å²) in [7, 11) is -4.57. The number of nitrogens with zero attached hydrogens (tertiary/aromatic N) is 2. The van der Waals surface area contributed by atoms with Gasteiger partial charge in [-0.05, 0) is 63.6 Å². The third-order valence-corrected chi connectivity index (χ3v) is 8.60. The molecule has 0 aromatic heterocycles. The molecule has 42 heavy (non-hydrogen) atoms. The molecule has 0 radical (unpaired) electrons. The molecule has 0 fully saturated rings. The van der Waals surface area contributed by atoms with Crippen LogP contribution in [0.2, 0.25) is 0 Å². The number of carbonyl (C=O) groups excluding carboxylic acids is 2. The summed E-state index contributed by atoms with van der Waals surface area (Å²) in [5.74, 6) is -2.12. The maximum atomic E-state index is 14.6. The number of anilines is 1. The molecule has 0 saturated carbocycles. The molecule has 2 atom stereocenters. The van der Waals surface area contributed by atoms with Crippen molar-refractivity contribution in [3.8, 4) is 0 Å². The number of hydrogen-bond acceptors (Lipinski definition) is 4. The summed E-state index contributed by atoms with van der Waals surface area (Å²) >= 11 is 0. The van der Waals surface area contributed by atoms with Crippen molar-refractivity contribution in [2.75, 3.05) is 10.8 Å². The van der Waals surface area contributed by atoms with E-state index in [1.165, 1.54) is 49.4 Å². The van der Waals surface area contributed by atoms with Crippen LogP contribution in [0.5, 0.6) is 0 Å². The van der Waals surface area contributed by atoms with Gasteiger partial charge in [0, 0.05) is 18.2 Å². The highest BCUT2D eigenvalue weighted by atomic mass is 32.2. The summed E-state index contributed by atoms with van der Waals surface area (Å²) in [5.41, 5.74) is -0.698. The van der Waals surface area contributed by atoms with Crippen molar-refractivity contribution < 1.29 is 35.6 Å². The first-order valence-electron chi connectivity index (χ1n) is 13.2. The Bertz CT molecular complexity index is 1510. The van der Waals surface area contributed by atoms with Gasteiger partial charge in [-0.2, -0.15) is 13.2 Å². The van der Waals surface area contributed by atoms with Gasteiger partial charge < -0.3 is 10.2 Å². The third-order valence-electron chi connectivity index (χ3n) is 6.82. The van der Waals surface area contributed by atoms with Crippen molar-refractivity contribution in [3.63, 3.8) is 0 Å². The number of amides is 2. The van der Waals surface area contributed by atoms with Crippen molar-refractivity contribution in [3.05, 3.63) is 95.3 Å². The normalized spacial score (nSPS) is 13.2. The largest absolute Gasteiger partial charge is 0.416 e. The maximum absolute atomic E-state index is 14.6. The SMILES string of the molecule is CC[C@H](C)NC(=O)[C@H](C)N(Cc1ccccc1F)C(=O)CN(c1cccc(C(F)(F)F)c1)S(=O)(=O)c1ccc(C)cc1. The average molecular weight is 608 g/mol. The molecule has 0 unspecified atom stereocenters. The number of hydrogen-bond donors (Lipinski definition) is 1. The van der Waals surface area contributed by atoms with Gasteiger partial charge in [0.15, 0.2) is 0 Å². The molecule has 0 aliphatic rings. The molecular formula is C30H33F4N3O4S. The molecule has 226 valence electrons. The van der Waals surface area contributed by atoms with Crippen molar-refractivity contribution in [2.24, 2.45) is 0 Å². The van der Waals surface area contributed by atoms with Gasteiger partial charge in [0.05, 0.1) is 16.1 Å². The zero-order chi connectivity index (χ0) is 31.2. The van der Waals surface area contributed by atoms with Crippen LogP contribution >= 0.6 is 0 Å². The standard InChI is InChI=1S/C30H33F4N3O4S/c1-5-21(3)35-29(39)22(4)36(18-23-9-6-7-12-27(23)31)28(38)19-37(25-11-8-10-24(17-25)30(32,33)34)42(40,41)26-15-13-20(2)14-16-26/h6-17,21-22H,5,18-19H2,1-4H3,(H,35,39)/t21-,22-/m0/s1. The molecule has 3 aromatic carbocycles. The van der Waals surface area contributed by atoms with Gasteiger partial charge in [0.2, 0.25) is 11.8 Å². The molecule has 3 aromatic rings. The van der Waals surface area contributed by atoms with E-state index in [1.807, 2.05) is 6.92 Å². The van der Waals surface area contributed by atoms with Crippen LogP contribution in [0.3, 0.4) is 0 Å². The minimum Gasteiger partial charge on any atom is -0.352 e. The second-order valence-electron chi connectivity index (χ2n) is 9.98. The Hall–Kier alpha value is -3.93. The number of aryl methyl sites for hydroxylation is 1. The number of benzene rings is 3. The first-order valence-corrected chi connectivity index (χ1v) is 14.7. The molecule has 7 nitrogen and oxygen atoms in total. The van der Waals surface area contributed by atoms with Crippen LogP contribution in [-0.4, -0.2) is 43.8 Å². The van der Waals surface area contributed by atoms with Crippen LogP contribution < -0.4 is 9.62 Å². The lowest BCUT2D eigenvalue weighted by atomic mass is 10.1. The van der Waals surface area contributed by atoms with E-state index >= 15 is 0 Å². The van der Waals surface area contributed by atoms with E-state index in [2.05, 4.69) is 5.32 Å². The van der Waals surface area contributed by atoms with Crippen LogP contribution in [0.4, 0.5) is 23.2 Å². The molecule has 1 N–H and O–H groups in total. The monoisotopic (exact) mass is 607 g/mol. The predicted molar refractivity (Wildman–Crippen MR) is 151 cm³/mol. The van der Waals surface area contributed by atoms with Crippen molar-refractivity contribution in [1.29, 1.82) is 0 Å². The zero-order valence-electron chi connectivity index (χ0n) is 23.7. The van der Waals surface area contributed by atoms with Crippen molar-refractivity contribution in [2.45, 2.75) is 63.8 Å². The Balaban J connectivity index is 2.10. The van der Waals surface area contributed by atoms with E-state index in [0.29, 0.717) is 16.8 Å². The molecule has 3 rings (SSSR count). The third kappa shape index (κ3) is 7.87. The van der Waals surface area contributed by atoms with E-state index in [1.54, 1.807) is 19.9 Å². The summed E-state index contributed by atoms with van der Waals surface area (Å²) in [4.78, 5) is 27.7. The van der Waals surface area contributed by atoms with Gasteiger partial charge in [0.25, 0.3) is 10.0 Å². The molecular weight excluding hydrogens is 574 g/mol. The number of rotatable bonds is 11. The Morgan fingerprint density at radius 1 is 0.952 bits per heavy atom. The van der Waals surface area contributed by atoms with Gasteiger partial charge in [-0.15, -0.1) is 0 Å². The first kappa shape index (κ1) is 32.6. The van der Waals surface area contributed by atoms with E-state index in [0.717, 1.165) is 28.7 Å². The molecule has 2 amide bonds. The van der Waals surface area contributed by atoms with Gasteiger partial charge in [0.1, 0.15) is 18.4 Å². The van der Waals surface area contributed by atoms with Crippen molar-refractivity contribution >= 4 is 27.5 Å². The van der Waals surface area contributed by atoms with Crippen LogP contribution in [0.25, 0.3) is 0 Å². The maximum Gasteiger partial charge on any atom is 0.416 e. The van der Waals surface area contributed by atoms with E-state index in [4.69, 9.17) is 0 Å². The topological polar surface area (TPSA) is 86.8 Å². The average Bonchev–Trinajstić information content (AvgIpc) is 2.94. The smallest absolute Gasteiger partial charge is 0.352 e. The first-order chi connectivity index (χ1) is 19.6. The molecule has 12 heteroatoms. The van der Waals surface area contributed by atoms with Gasteiger partial charge >= 0.3 is 6.18 Å². The Morgan fingerprint density at radius 3 is 2.19 bits per heavy atom. The van der Waals surface area contributed by atoms with E-state index < -0.39 is 57.7 Å². The highest BCUT2D eigenvalue weighted by Gasteiger charge is 2.35. The van der Waals surface area contributed by atoms with Crippen LogP contribution in [0.15, 0.2) is 77.7 Å². The van der Waals surface area contributed by atoms with Gasteiger partial charge in [-0.1, -0.05) is 48.9 Å². The van der Waals surface area contributed by atoms with Crippen molar-refractivity contribution in [1.82, 2.24) is 10.2 Å². The fraction of sp³-hybridized carbons (Fsp3) is 0.333. The van der Waals surface area contributed by atoms with E-state index in [9.17, 15) is 35.6 Å². The summed E-state index contributed by atoms with van der Waals surface area (Å²) < 4.78 is 83.5. The minimum atomic E-state index is -4.78. The quantitative estimate of drug-likeness (QED) is 0.284. The molecule has 0 heterocycles. The lowest BCUT2D eigenvalue weighted by Gasteiger charge is -2.32. The van der Waals surface area contributed by atoms with E-state index in [-0.39, 0.29) is 23.0 Å². The fourth-order valence-corrected chi connectivity index (χ4v) is 5.47. The van der Waals surface area contributed by atoms with Crippen LogP contribution in [-0.2, 0) is 32.3 Å². The Morgan fingerprint density at radius 2 is 1.60 bits per heavy atom. The summed E-state index contributed by atoms with van der Waals surface area (Å²) in [6.45, 7) is 5.42. The summed E-state index contributed by atoms with van der Waals surface area (Å²) in [6.07, 6.45) is -4.18. The molecule has 0 saturated heterocycles. The predicted octanol–water partition coefficient (Wildman–Crippen LogP) is 5.68. The number of halogens is 4. The summed E-state index contributed by atoms with van der Waals surface area (Å²) in [5, 5.41) is 2.75. The number of nitrogens with one attached hydrogen (secondary N) is 1. The zero-order valence-corrected chi connectivity index (χ0v) is 24.5. The van der Waals surface area contributed by atoms with Gasteiger partial charge in [-0.25, -0.2) is 12.8 Å². The number of sulfonamides is 1. The molecule has 0 spiro atoms. The Labute approximate surface area is 243 Å². The second kappa shape index (κ2) is 13.4. The molecule has 0 aliphatic carbocycles. The fourth-order valence-electron chi connectivity index (χ4n) is 4.06. The highest BCUT2D eigenvalue weighted by Crippen LogP contribution is 2.33. The van der Waals surface area contributed by atoms with Gasteiger partial charge in [-0.3, -0.25) is 13.9 Å². The molecule has 0 aliphatic heterocycles. The number of carbonyl (C=O) groups is 2. The lowest BCUT2D eigenvalue weighted by molar-refractivity contribution is -0.139. The Kier molecular flexibility index (Phi) is 10.4. The second-order valence-corrected chi connectivity index (χ2v) is 11.8. The van der Waals surface area contributed by atoms with Crippen LogP contribution in [0.1, 0.15) is 43.9 Å². The lowest BCUT2D eigenvalue weighted by Crippen LogP contribution is -2.52. The minimum absolute atomic E-state index is 0.0704. The summed E-state index contributed by atoms with van der Waals surface area (Å²) in [6, 6.07) is 13.4. The number of alkyl halides is 3. The molecule has 0 bridgehead atoms. The highest BCUT2D eigenvalue weighted by molar-refractivity contribution is 7.92.